The fourth-order valence-corrected chi connectivity index (χ4v) is 3.47. The number of benzene rings is 1. The highest BCUT2D eigenvalue weighted by atomic mass is 32.1. The molecule has 0 atom stereocenters. The quantitative estimate of drug-likeness (QED) is 0.676. The first-order valence-electron chi connectivity index (χ1n) is 6.40. The van der Waals surface area contributed by atoms with E-state index in [1.807, 2.05) is 23.8 Å². The average Bonchev–Trinajstić information content (AvgIpc) is 3.04. The summed E-state index contributed by atoms with van der Waals surface area (Å²) < 4.78 is 3.33. The van der Waals surface area contributed by atoms with Gasteiger partial charge in [-0.3, -0.25) is 4.79 Å². The van der Waals surface area contributed by atoms with Crippen LogP contribution in [0.1, 0.15) is 28.9 Å². The first kappa shape index (κ1) is 10.9. The maximum Gasteiger partial charge on any atom is 0.164 e. The third-order valence-corrected chi connectivity index (χ3v) is 4.49. The Bertz CT molecular complexity index is 784. The van der Waals surface area contributed by atoms with Crippen LogP contribution in [0.4, 0.5) is 0 Å². The summed E-state index contributed by atoms with van der Waals surface area (Å²) in [7, 11) is 0. The first-order valence-corrected chi connectivity index (χ1v) is 7.28. The molecule has 0 unspecified atom stereocenters. The van der Waals surface area contributed by atoms with Crippen LogP contribution >= 0.6 is 11.3 Å². The fraction of sp³-hybridized carbons (Fsp3) is 0.200. The van der Waals surface area contributed by atoms with Gasteiger partial charge in [0.05, 0.1) is 15.7 Å². The lowest BCUT2D eigenvalue weighted by Gasteiger charge is -2.15. The highest BCUT2D eigenvalue weighted by Gasteiger charge is 2.21. The Hall–Kier alpha value is -1.94. The lowest BCUT2D eigenvalue weighted by molar-refractivity contribution is 0.0972. The molecule has 94 valence electrons. The van der Waals surface area contributed by atoms with Gasteiger partial charge in [-0.05, 0) is 37.1 Å². The number of ketones is 1. The molecule has 2 aromatic heterocycles. The van der Waals surface area contributed by atoms with Crippen LogP contribution < -0.4 is 0 Å². The van der Waals surface area contributed by atoms with E-state index < -0.39 is 0 Å². The van der Waals surface area contributed by atoms with Gasteiger partial charge in [0.25, 0.3) is 0 Å². The van der Waals surface area contributed by atoms with Crippen LogP contribution in [0.2, 0.25) is 0 Å². The SMILES string of the molecule is O=C1CCCc2c1ccn2-c1ccc2ncsc2c1. The van der Waals surface area contributed by atoms with Crippen molar-refractivity contribution < 1.29 is 4.79 Å². The van der Waals surface area contributed by atoms with Gasteiger partial charge in [0.15, 0.2) is 5.78 Å². The maximum atomic E-state index is 11.9. The molecule has 0 saturated carbocycles. The van der Waals surface area contributed by atoms with Gasteiger partial charge >= 0.3 is 0 Å². The van der Waals surface area contributed by atoms with Crippen molar-refractivity contribution in [3.63, 3.8) is 0 Å². The number of carbonyl (C=O) groups excluding carboxylic acids is 1. The van der Waals surface area contributed by atoms with E-state index in [1.165, 1.54) is 4.70 Å². The standard InChI is InChI=1S/C15H12N2OS/c18-14-3-1-2-13-11(14)6-7-17(13)10-4-5-12-15(8-10)19-9-16-12/h4-9H,1-3H2. The normalized spacial score (nSPS) is 14.8. The van der Waals surface area contributed by atoms with E-state index in [4.69, 9.17) is 0 Å². The second kappa shape index (κ2) is 4.03. The minimum absolute atomic E-state index is 0.277. The van der Waals surface area contributed by atoms with Crippen molar-refractivity contribution in [2.24, 2.45) is 0 Å². The summed E-state index contributed by atoms with van der Waals surface area (Å²) in [6.07, 6.45) is 4.63. The number of hydrogen-bond donors (Lipinski definition) is 0. The van der Waals surface area contributed by atoms with Crippen molar-refractivity contribution in [2.75, 3.05) is 0 Å². The van der Waals surface area contributed by atoms with Gasteiger partial charge in [0.2, 0.25) is 0 Å². The molecule has 3 nitrogen and oxygen atoms in total. The summed E-state index contributed by atoms with van der Waals surface area (Å²) in [5, 5.41) is 0. The zero-order valence-electron chi connectivity index (χ0n) is 10.3. The van der Waals surface area contributed by atoms with Crippen LogP contribution in [0.3, 0.4) is 0 Å². The summed E-state index contributed by atoms with van der Waals surface area (Å²) in [6.45, 7) is 0. The Balaban J connectivity index is 1.90. The summed E-state index contributed by atoms with van der Waals surface area (Å²) in [5.41, 5.74) is 6.07. The second-order valence-corrected chi connectivity index (χ2v) is 5.71. The number of fused-ring (bicyclic) bond motifs is 2. The molecule has 3 aromatic rings. The third kappa shape index (κ3) is 1.64. The molecule has 0 N–H and O–H groups in total. The van der Waals surface area contributed by atoms with E-state index in [2.05, 4.69) is 21.7 Å². The molecule has 0 fully saturated rings. The Morgan fingerprint density at radius 1 is 1.21 bits per heavy atom. The minimum atomic E-state index is 0.277. The van der Waals surface area contributed by atoms with Crippen LogP contribution in [0.25, 0.3) is 15.9 Å². The molecular formula is C15H12N2OS. The number of rotatable bonds is 1. The van der Waals surface area contributed by atoms with Crippen LogP contribution in [0.5, 0.6) is 0 Å². The molecule has 0 spiro atoms. The van der Waals surface area contributed by atoms with Crippen LogP contribution in [-0.2, 0) is 6.42 Å². The molecule has 2 heterocycles. The molecule has 1 aliphatic rings. The molecule has 4 rings (SSSR count). The summed E-state index contributed by atoms with van der Waals surface area (Å²) in [5.74, 6) is 0.277. The zero-order valence-corrected chi connectivity index (χ0v) is 11.1. The summed E-state index contributed by atoms with van der Waals surface area (Å²) in [6, 6.07) is 8.21. The van der Waals surface area contributed by atoms with E-state index >= 15 is 0 Å². The molecule has 1 aromatic carbocycles. The lowest BCUT2D eigenvalue weighted by Crippen LogP contribution is -2.12. The van der Waals surface area contributed by atoms with Crippen LogP contribution in [0.15, 0.2) is 36.0 Å². The molecule has 0 saturated heterocycles. The van der Waals surface area contributed by atoms with E-state index in [1.54, 1.807) is 11.3 Å². The van der Waals surface area contributed by atoms with Gasteiger partial charge in [-0.25, -0.2) is 4.98 Å². The van der Waals surface area contributed by atoms with Crippen LogP contribution in [-0.4, -0.2) is 15.3 Å². The molecule has 0 bridgehead atoms. The van der Waals surface area contributed by atoms with Gasteiger partial charge in [-0.2, -0.15) is 0 Å². The van der Waals surface area contributed by atoms with E-state index in [9.17, 15) is 4.79 Å². The predicted octanol–water partition coefficient (Wildman–Crippen LogP) is 3.61. The van der Waals surface area contributed by atoms with Crippen molar-refractivity contribution in [2.45, 2.75) is 19.3 Å². The lowest BCUT2D eigenvalue weighted by atomic mass is 9.97. The van der Waals surface area contributed by atoms with Crippen molar-refractivity contribution >= 4 is 27.3 Å². The highest BCUT2D eigenvalue weighted by Crippen LogP contribution is 2.27. The molecule has 0 radical (unpaired) electrons. The van der Waals surface area contributed by atoms with Gasteiger partial charge in [0, 0.05) is 29.6 Å². The Kier molecular flexibility index (Phi) is 2.32. The number of thiazole rings is 1. The van der Waals surface area contributed by atoms with Gasteiger partial charge < -0.3 is 4.57 Å². The van der Waals surface area contributed by atoms with Crippen molar-refractivity contribution in [1.29, 1.82) is 0 Å². The number of Topliss-reactive ketones (excluding diaryl/α,β-unsaturated/α-hetero) is 1. The number of carbonyl (C=O) groups is 1. The Morgan fingerprint density at radius 3 is 3.11 bits per heavy atom. The Morgan fingerprint density at radius 2 is 2.16 bits per heavy atom. The average molecular weight is 268 g/mol. The Labute approximate surface area is 114 Å². The fourth-order valence-electron chi connectivity index (χ4n) is 2.76. The van der Waals surface area contributed by atoms with Gasteiger partial charge in [-0.1, -0.05) is 0 Å². The highest BCUT2D eigenvalue weighted by molar-refractivity contribution is 7.16. The predicted molar refractivity (Wildman–Crippen MR) is 76.2 cm³/mol. The van der Waals surface area contributed by atoms with Gasteiger partial charge in [0.1, 0.15) is 0 Å². The topological polar surface area (TPSA) is 34.9 Å². The monoisotopic (exact) mass is 268 g/mol. The molecule has 0 aliphatic heterocycles. The van der Waals surface area contributed by atoms with E-state index in [0.717, 1.165) is 35.3 Å². The summed E-state index contributed by atoms with van der Waals surface area (Å²) >= 11 is 1.65. The minimum Gasteiger partial charge on any atom is -0.320 e. The largest absolute Gasteiger partial charge is 0.320 e. The third-order valence-electron chi connectivity index (χ3n) is 3.70. The van der Waals surface area contributed by atoms with Crippen LogP contribution in [0, 0.1) is 0 Å². The number of hydrogen-bond acceptors (Lipinski definition) is 3. The smallest absolute Gasteiger partial charge is 0.164 e. The zero-order chi connectivity index (χ0) is 12.8. The molecule has 1 aliphatic carbocycles. The van der Waals surface area contributed by atoms with E-state index in [-0.39, 0.29) is 5.78 Å². The van der Waals surface area contributed by atoms with Crippen molar-refractivity contribution in [3.05, 3.63) is 47.2 Å². The van der Waals surface area contributed by atoms with Crippen molar-refractivity contribution in [3.8, 4) is 5.69 Å². The van der Waals surface area contributed by atoms with Gasteiger partial charge in [-0.15, -0.1) is 11.3 Å². The molecule has 19 heavy (non-hydrogen) atoms. The number of nitrogens with zero attached hydrogens (tertiary/aromatic N) is 2. The number of aromatic nitrogens is 2. The van der Waals surface area contributed by atoms with Crippen molar-refractivity contribution in [1.82, 2.24) is 9.55 Å². The van der Waals surface area contributed by atoms with E-state index in [0.29, 0.717) is 6.42 Å². The second-order valence-electron chi connectivity index (χ2n) is 4.83. The molecule has 0 amide bonds. The maximum absolute atomic E-state index is 11.9. The first-order chi connectivity index (χ1) is 9.33. The summed E-state index contributed by atoms with van der Waals surface area (Å²) in [4.78, 5) is 16.2. The molecular weight excluding hydrogens is 256 g/mol. The molecule has 4 heteroatoms.